The van der Waals surface area contributed by atoms with E-state index in [9.17, 15) is 13.2 Å². The van der Waals surface area contributed by atoms with Crippen LogP contribution in [0.4, 0.5) is 0 Å². The van der Waals surface area contributed by atoms with Crippen molar-refractivity contribution in [2.75, 3.05) is 11.5 Å². The summed E-state index contributed by atoms with van der Waals surface area (Å²) in [4.78, 5) is 12.7. The van der Waals surface area contributed by atoms with Gasteiger partial charge in [0, 0.05) is 12.2 Å². The molecule has 0 heterocycles. The maximum atomic E-state index is 12.7. The lowest BCUT2D eigenvalue weighted by Gasteiger charge is -2.28. The molecule has 0 radical (unpaired) electrons. The fourth-order valence-electron chi connectivity index (χ4n) is 3.30. The molecular weight excluding hydrogens is 284 g/mol. The highest BCUT2D eigenvalue weighted by Gasteiger charge is 2.41. The van der Waals surface area contributed by atoms with E-state index in [4.69, 9.17) is 0 Å². The molecule has 3 nitrogen and oxygen atoms in total. The Bertz CT molecular complexity index is 569. The zero-order valence-electron chi connectivity index (χ0n) is 12.7. The van der Waals surface area contributed by atoms with Gasteiger partial charge in [0.15, 0.2) is 0 Å². The van der Waals surface area contributed by atoms with Crippen LogP contribution in [0, 0.1) is 0 Å². The molecule has 0 aromatic heterocycles. The molecule has 4 heteroatoms. The van der Waals surface area contributed by atoms with Crippen molar-refractivity contribution >= 4 is 15.6 Å². The van der Waals surface area contributed by atoms with E-state index in [2.05, 4.69) is 0 Å². The Morgan fingerprint density at radius 3 is 2.33 bits per heavy atom. The van der Waals surface area contributed by atoms with Crippen LogP contribution in [-0.4, -0.2) is 25.7 Å². The van der Waals surface area contributed by atoms with Crippen molar-refractivity contribution in [3.8, 4) is 0 Å². The summed E-state index contributed by atoms with van der Waals surface area (Å²) in [6.07, 6.45) is 4.77. The van der Waals surface area contributed by atoms with Gasteiger partial charge in [-0.2, -0.15) is 0 Å². The summed E-state index contributed by atoms with van der Waals surface area (Å²) in [5.41, 5.74) is 0.739. The monoisotopic (exact) mass is 308 g/mol. The molecule has 0 N–H and O–H groups in total. The number of hydrogen-bond donors (Lipinski definition) is 0. The topological polar surface area (TPSA) is 51.2 Å². The zero-order chi connectivity index (χ0) is 15.3. The number of Topliss-reactive ketones (excluding diaryl/α,β-unsaturated/α-hetero) is 1. The van der Waals surface area contributed by atoms with Gasteiger partial charge in [-0.25, -0.2) is 8.42 Å². The average Bonchev–Trinajstić information content (AvgIpc) is 2.99. The highest BCUT2D eigenvalue weighted by atomic mass is 32.2. The molecule has 1 saturated carbocycles. The van der Waals surface area contributed by atoms with Crippen molar-refractivity contribution in [2.24, 2.45) is 0 Å². The van der Waals surface area contributed by atoms with E-state index in [1.807, 2.05) is 30.3 Å². The van der Waals surface area contributed by atoms with Gasteiger partial charge in [-0.05, 0) is 24.8 Å². The zero-order valence-corrected chi connectivity index (χ0v) is 13.5. The first kappa shape index (κ1) is 16.2. The third-order valence-electron chi connectivity index (χ3n) is 4.62. The molecule has 0 unspecified atom stereocenters. The highest BCUT2D eigenvalue weighted by Crippen LogP contribution is 2.42. The fourth-order valence-corrected chi connectivity index (χ4v) is 4.17. The van der Waals surface area contributed by atoms with Gasteiger partial charge < -0.3 is 0 Å². The van der Waals surface area contributed by atoms with Crippen LogP contribution in [0.5, 0.6) is 0 Å². The van der Waals surface area contributed by atoms with E-state index in [1.165, 1.54) is 0 Å². The second-order valence-electron chi connectivity index (χ2n) is 5.92. The number of carbonyl (C=O) groups excluding carboxylic acids is 1. The van der Waals surface area contributed by atoms with Gasteiger partial charge in [0.05, 0.1) is 11.2 Å². The van der Waals surface area contributed by atoms with Crippen molar-refractivity contribution in [3.63, 3.8) is 0 Å². The normalized spacial score (nSPS) is 17.8. The SMILES string of the molecule is CCS(=O)(=O)CCCC(=O)C1(c2ccccc2)CCCC1. The molecule has 1 aliphatic carbocycles. The standard InChI is InChI=1S/C17H24O3S/c1-2-21(19,20)14-8-11-16(18)17(12-6-7-13-17)15-9-4-3-5-10-15/h3-5,9-10H,2,6-8,11-14H2,1H3. The summed E-state index contributed by atoms with van der Waals surface area (Å²) in [5, 5.41) is 0. The lowest BCUT2D eigenvalue weighted by atomic mass is 9.74. The Balaban J connectivity index is 2.07. The first-order valence-corrected chi connectivity index (χ1v) is 9.61. The molecule has 1 aromatic carbocycles. The summed E-state index contributed by atoms with van der Waals surface area (Å²) in [7, 11) is -2.98. The van der Waals surface area contributed by atoms with Gasteiger partial charge >= 0.3 is 0 Å². The minimum absolute atomic E-state index is 0.125. The molecule has 21 heavy (non-hydrogen) atoms. The van der Waals surface area contributed by atoms with Gasteiger partial charge in [0.2, 0.25) is 0 Å². The molecule has 0 saturated heterocycles. The Labute approximate surface area is 127 Å². The average molecular weight is 308 g/mol. The van der Waals surface area contributed by atoms with Gasteiger partial charge in [-0.3, -0.25) is 4.79 Å². The molecule has 1 aromatic rings. The lowest BCUT2D eigenvalue weighted by Crippen LogP contribution is -2.33. The minimum atomic E-state index is -2.98. The quantitative estimate of drug-likeness (QED) is 0.776. The first-order chi connectivity index (χ1) is 10.0. The third kappa shape index (κ3) is 3.73. The number of sulfone groups is 1. The van der Waals surface area contributed by atoms with Crippen LogP contribution in [0.1, 0.15) is 51.0 Å². The van der Waals surface area contributed by atoms with Gasteiger partial charge in [-0.15, -0.1) is 0 Å². The van der Waals surface area contributed by atoms with E-state index >= 15 is 0 Å². The maximum Gasteiger partial charge on any atom is 0.150 e. The molecule has 0 amide bonds. The Kier molecular flexibility index (Phi) is 5.20. The minimum Gasteiger partial charge on any atom is -0.299 e. The second-order valence-corrected chi connectivity index (χ2v) is 8.39. The molecule has 0 atom stereocenters. The van der Waals surface area contributed by atoms with E-state index in [0.29, 0.717) is 12.8 Å². The number of rotatable bonds is 7. The van der Waals surface area contributed by atoms with Gasteiger partial charge in [0.25, 0.3) is 0 Å². The number of ketones is 1. The summed E-state index contributed by atoms with van der Waals surface area (Å²) in [6.45, 7) is 1.65. The predicted molar refractivity (Wildman–Crippen MR) is 85.2 cm³/mol. The van der Waals surface area contributed by atoms with E-state index in [1.54, 1.807) is 6.92 Å². The molecule has 1 fully saturated rings. The number of hydrogen-bond acceptors (Lipinski definition) is 3. The summed E-state index contributed by atoms with van der Waals surface area (Å²) >= 11 is 0. The maximum absolute atomic E-state index is 12.7. The van der Waals surface area contributed by atoms with Crippen molar-refractivity contribution in [1.82, 2.24) is 0 Å². The highest BCUT2D eigenvalue weighted by molar-refractivity contribution is 7.91. The van der Waals surface area contributed by atoms with Crippen LogP contribution in [0.3, 0.4) is 0 Å². The summed E-state index contributed by atoms with van der Waals surface area (Å²) < 4.78 is 23.1. The molecule has 0 aliphatic heterocycles. The van der Waals surface area contributed by atoms with Crippen LogP contribution in [0.25, 0.3) is 0 Å². The van der Waals surface area contributed by atoms with Crippen LogP contribution in [-0.2, 0) is 20.0 Å². The van der Waals surface area contributed by atoms with Crippen molar-refractivity contribution < 1.29 is 13.2 Å². The van der Waals surface area contributed by atoms with E-state index < -0.39 is 9.84 Å². The molecule has 0 spiro atoms. The van der Waals surface area contributed by atoms with Crippen LogP contribution in [0.15, 0.2) is 30.3 Å². The first-order valence-electron chi connectivity index (χ1n) is 7.79. The molecule has 1 aliphatic rings. The smallest absolute Gasteiger partial charge is 0.150 e. The van der Waals surface area contributed by atoms with E-state index in [-0.39, 0.29) is 22.7 Å². The number of benzene rings is 1. The van der Waals surface area contributed by atoms with Crippen LogP contribution < -0.4 is 0 Å². The predicted octanol–water partition coefficient (Wildman–Crippen LogP) is 3.28. The Morgan fingerprint density at radius 1 is 1.14 bits per heavy atom. The van der Waals surface area contributed by atoms with Crippen LogP contribution in [0.2, 0.25) is 0 Å². The van der Waals surface area contributed by atoms with Gasteiger partial charge in [0.1, 0.15) is 15.6 Å². The molecule has 0 bridgehead atoms. The summed E-state index contributed by atoms with van der Waals surface area (Å²) in [6, 6.07) is 9.98. The van der Waals surface area contributed by atoms with Gasteiger partial charge in [-0.1, -0.05) is 50.1 Å². The number of carbonyl (C=O) groups is 1. The molecule has 116 valence electrons. The Hall–Kier alpha value is -1.16. The lowest BCUT2D eigenvalue weighted by molar-refractivity contribution is -0.124. The van der Waals surface area contributed by atoms with Crippen molar-refractivity contribution in [1.29, 1.82) is 0 Å². The fraction of sp³-hybridized carbons (Fsp3) is 0.588. The van der Waals surface area contributed by atoms with Crippen molar-refractivity contribution in [3.05, 3.63) is 35.9 Å². The largest absolute Gasteiger partial charge is 0.299 e. The third-order valence-corrected chi connectivity index (χ3v) is 6.41. The van der Waals surface area contributed by atoms with Crippen molar-refractivity contribution in [2.45, 2.75) is 50.9 Å². The van der Waals surface area contributed by atoms with E-state index in [0.717, 1.165) is 31.2 Å². The Morgan fingerprint density at radius 2 is 1.76 bits per heavy atom. The summed E-state index contributed by atoms with van der Waals surface area (Å²) in [5.74, 6) is 0.503. The molecule has 2 rings (SSSR count). The van der Waals surface area contributed by atoms with Crippen LogP contribution >= 0.6 is 0 Å². The second kappa shape index (κ2) is 6.73. The molecular formula is C17H24O3S.